The molecule has 0 aliphatic carbocycles. The average Bonchev–Trinajstić information content (AvgIpc) is 2.91. The van der Waals surface area contributed by atoms with Crippen LogP contribution < -0.4 is 38.5 Å². The van der Waals surface area contributed by atoms with E-state index in [0.29, 0.717) is 29.7 Å². The van der Waals surface area contributed by atoms with Crippen LogP contribution in [-0.2, 0) is 25.6 Å². The lowest BCUT2D eigenvalue weighted by Crippen LogP contribution is -2.51. The zero-order valence-electron chi connectivity index (χ0n) is 21.6. The van der Waals surface area contributed by atoms with Gasteiger partial charge in [-0.2, -0.15) is 0 Å². The maximum Gasteiger partial charge on any atom is 0.247 e. The summed E-state index contributed by atoms with van der Waals surface area (Å²) in [6.45, 7) is 0.301. The molecule has 13 heteroatoms. The second kappa shape index (κ2) is 14.7. The topological polar surface area (TPSA) is 242 Å². The van der Waals surface area contributed by atoms with Crippen LogP contribution in [0, 0.1) is 16.7 Å². The Labute approximate surface area is 226 Å². The number of amides is 4. The number of nitrogens with two attached hydrogens (primary N) is 3. The molecule has 1 unspecified atom stereocenters. The highest BCUT2D eigenvalue weighted by molar-refractivity contribution is 6.02. The molecule has 0 saturated heterocycles. The minimum absolute atomic E-state index is 0.0277. The fourth-order valence-electron chi connectivity index (χ4n) is 3.79. The van der Waals surface area contributed by atoms with Gasteiger partial charge in [-0.25, -0.2) is 0 Å². The van der Waals surface area contributed by atoms with Crippen LogP contribution >= 0.6 is 0 Å². The quantitative estimate of drug-likeness (QED) is 0.0627. The van der Waals surface area contributed by atoms with Crippen molar-refractivity contribution in [1.29, 1.82) is 10.8 Å². The van der Waals surface area contributed by atoms with Crippen molar-refractivity contribution in [3.63, 3.8) is 0 Å². The summed E-state index contributed by atoms with van der Waals surface area (Å²) in [5.41, 5.74) is 17.8. The van der Waals surface area contributed by atoms with E-state index in [9.17, 15) is 19.2 Å². The monoisotopic (exact) mass is 537 g/mol. The van der Waals surface area contributed by atoms with E-state index in [2.05, 4.69) is 21.3 Å². The molecule has 0 aliphatic heterocycles. The van der Waals surface area contributed by atoms with Crippen LogP contribution in [0.15, 0.2) is 54.6 Å². The molecule has 0 bridgehead atoms. The molecule has 0 spiro atoms. The zero-order chi connectivity index (χ0) is 28.9. The van der Waals surface area contributed by atoms with E-state index in [1.54, 1.807) is 54.6 Å². The molecule has 2 rings (SSSR count). The summed E-state index contributed by atoms with van der Waals surface area (Å²) in [6.07, 6.45) is 0.588. The highest BCUT2D eigenvalue weighted by Gasteiger charge is 2.32. The van der Waals surface area contributed by atoms with Gasteiger partial charge in [-0.3, -0.25) is 30.0 Å². The number of hydrogen-bond acceptors (Lipinski definition) is 6. The summed E-state index contributed by atoms with van der Waals surface area (Å²) in [7, 11) is 1.40. The third-order valence-electron chi connectivity index (χ3n) is 5.91. The van der Waals surface area contributed by atoms with E-state index >= 15 is 0 Å². The minimum Gasteiger partial charge on any atom is -0.384 e. The number of nitrogens with one attached hydrogen (secondary N) is 6. The van der Waals surface area contributed by atoms with Crippen LogP contribution in [0.4, 0.5) is 0 Å². The van der Waals surface area contributed by atoms with Gasteiger partial charge in [0.1, 0.15) is 23.8 Å². The first-order valence-electron chi connectivity index (χ1n) is 12.2. The highest BCUT2D eigenvalue weighted by Crippen LogP contribution is 2.17. The van der Waals surface area contributed by atoms with E-state index in [1.165, 1.54) is 7.05 Å². The van der Waals surface area contributed by atoms with E-state index in [-0.39, 0.29) is 24.6 Å². The third-order valence-corrected chi connectivity index (χ3v) is 5.91. The number of carbonyl (C=O) groups is 4. The Kier molecular flexibility index (Phi) is 11.4. The van der Waals surface area contributed by atoms with Gasteiger partial charge in [0.25, 0.3) is 0 Å². The highest BCUT2D eigenvalue weighted by atomic mass is 16.2. The maximum absolute atomic E-state index is 13.4. The Hall–Kier alpha value is -4.94. The molecular formula is C26H35N9O4. The number of primary amides is 1. The molecule has 0 fully saturated rings. The maximum atomic E-state index is 13.4. The van der Waals surface area contributed by atoms with Gasteiger partial charge in [0.15, 0.2) is 5.96 Å². The second-order valence-corrected chi connectivity index (χ2v) is 8.78. The van der Waals surface area contributed by atoms with Gasteiger partial charge < -0.3 is 38.5 Å². The van der Waals surface area contributed by atoms with Crippen LogP contribution in [0.5, 0.6) is 0 Å². The lowest BCUT2D eigenvalue weighted by Gasteiger charge is -2.24. The molecule has 208 valence electrons. The summed E-state index contributed by atoms with van der Waals surface area (Å²) in [5.74, 6) is -4.20. The molecule has 0 radical (unpaired) electrons. The summed E-state index contributed by atoms with van der Waals surface area (Å²) in [4.78, 5) is 51.4. The van der Waals surface area contributed by atoms with Gasteiger partial charge in [-0.15, -0.1) is 0 Å². The normalized spacial score (nSPS) is 12.7. The standard InChI is InChI=1S/C26H35N9O4/c1-32-23(37)18(14-15-9-11-17(12-10-15)21(27)28)24(38)35-20(16-6-3-2-4-7-16)25(39)34-19(22(29)36)8-5-13-33-26(30)31/h2-4,6-7,9-12,18-20H,5,8,13-14H2,1H3,(H3,27,28)(H2,29,36)(H,32,37)(H,34,39)(H,35,38)(H4,30,31,33)/t18?,19-,20-/m0/s1. The van der Waals surface area contributed by atoms with Crippen LogP contribution in [0.3, 0.4) is 0 Å². The molecule has 12 N–H and O–H groups in total. The van der Waals surface area contributed by atoms with E-state index in [0.717, 1.165) is 0 Å². The van der Waals surface area contributed by atoms with Crippen molar-refractivity contribution < 1.29 is 19.2 Å². The molecule has 0 heterocycles. The predicted octanol–water partition coefficient (Wildman–Crippen LogP) is -1.03. The summed E-state index contributed by atoms with van der Waals surface area (Å²) < 4.78 is 0. The van der Waals surface area contributed by atoms with Crippen molar-refractivity contribution in [1.82, 2.24) is 21.3 Å². The van der Waals surface area contributed by atoms with Crippen molar-refractivity contribution in [2.75, 3.05) is 13.6 Å². The molecule has 2 aromatic rings. The van der Waals surface area contributed by atoms with Gasteiger partial charge in [0.05, 0.1) is 0 Å². The van der Waals surface area contributed by atoms with Gasteiger partial charge in [-0.1, -0.05) is 54.6 Å². The smallest absolute Gasteiger partial charge is 0.247 e. The van der Waals surface area contributed by atoms with E-state index < -0.39 is 41.6 Å². The third kappa shape index (κ3) is 9.46. The number of rotatable bonds is 14. The molecular weight excluding hydrogens is 502 g/mol. The number of carbonyl (C=O) groups excluding carboxylic acids is 4. The molecule has 2 aromatic carbocycles. The minimum atomic E-state index is -1.22. The molecule has 0 aliphatic rings. The number of guanidine groups is 1. The first-order chi connectivity index (χ1) is 18.5. The summed E-state index contributed by atoms with van der Waals surface area (Å²) in [6, 6.07) is 12.7. The van der Waals surface area contributed by atoms with Gasteiger partial charge in [0.2, 0.25) is 23.6 Å². The first kappa shape index (κ1) is 30.3. The molecule has 0 aromatic heterocycles. The van der Waals surface area contributed by atoms with E-state index in [4.69, 9.17) is 28.0 Å². The number of amidine groups is 1. The van der Waals surface area contributed by atoms with Crippen LogP contribution in [0.25, 0.3) is 0 Å². The van der Waals surface area contributed by atoms with Crippen molar-refractivity contribution in [3.05, 3.63) is 71.3 Å². The van der Waals surface area contributed by atoms with Gasteiger partial charge in [-0.05, 0) is 30.4 Å². The van der Waals surface area contributed by atoms with E-state index in [1.807, 2.05) is 0 Å². The second-order valence-electron chi connectivity index (χ2n) is 8.78. The lowest BCUT2D eigenvalue weighted by molar-refractivity contribution is -0.138. The number of hydrogen-bond donors (Lipinski definition) is 9. The van der Waals surface area contributed by atoms with Crippen LogP contribution in [0.1, 0.15) is 35.6 Å². The number of benzene rings is 2. The Morgan fingerprint density at radius 3 is 2.03 bits per heavy atom. The van der Waals surface area contributed by atoms with Crippen LogP contribution in [0.2, 0.25) is 0 Å². The summed E-state index contributed by atoms with van der Waals surface area (Å²) >= 11 is 0. The lowest BCUT2D eigenvalue weighted by atomic mass is 9.95. The van der Waals surface area contributed by atoms with Crippen molar-refractivity contribution in [2.45, 2.75) is 31.3 Å². The van der Waals surface area contributed by atoms with Crippen molar-refractivity contribution in [3.8, 4) is 0 Å². The van der Waals surface area contributed by atoms with Crippen molar-refractivity contribution in [2.24, 2.45) is 23.1 Å². The molecule has 39 heavy (non-hydrogen) atoms. The number of nitrogen functional groups attached to an aromatic ring is 1. The molecule has 13 nitrogen and oxygen atoms in total. The predicted molar refractivity (Wildman–Crippen MR) is 146 cm³/mol. The summed E-state index contributed by atoms with van der Waals surface area (Å²) in [5, 5.41) is 25.0. The van der Waals surface area contributed by atoms with Crippen molar-refractivity contribution >= 4 is 35.4 Å². The molecule has 4 amide bonds. The molecule has 3 atom stereocenters. The van der Waals surface area contributed by atoms with Gasteiger partial charge in [0, 0.05) is 19.2 Å². The Morgan fingerprint density at radius 2 is 1.49 bits per heavy atom. The zero-order valence-corrected chi connectivity index (χ0v) is 21.6. The largest absolute Gasteiger partial charge is 0.384 e. The SMILES string of the molecule is CNC(=O)C(Cc1ccc(C(=N)N)cc1)C(=O)N[C@H](C(=O)N[C@@H](CCCNC(=N)N)C(N)=O)c1ccccc1. The van der Waals surface area contributed by atoms with Crippen LogP contribution in [-0.4, -0.2) is 55.1 Å². The fraction of sp³-hybridized carbons (Fsp3) is 0.308. The Morgan fingerprint density at radius 1 is 0.846 bits per heavy atom. The fourth-order valence-corrected chi connectivity index (χ4v) is 3.79. The average molecular weight is 538 g/mol. The molecule has 0 saturated carbocycles. The van der Waals surface area contributed by atoms with Gasteiger partial charge >= 0.3 is 0 Å². The Bertz CT molecular complexity index is 1190. The first-order valence-corrected chi connectivity index (χ1v) is 12.2. The Balaban J connectivity index is 2.24.